The molecule has 1 aromatic heterocycles. The number of pyridine rings is 1. The number of fused-ring (bicyclic) bond motifs is 2. The van der Waals surface area contributed by atoms with Crippen molar-refractivity contribution >= 4 is 30.1 Å². The number of hydrogen-bond donors (Lipinski definition) is 3. The van der Waals surface area contributed by atoms with E-state index in [1.807, 2.05) is 57.4 Å². The van der Waals surface area contributed by atoms with Crippen LogP contribution in [-0.2, 0) is 6.54 Å². The first-order chi connectivity index (χ1) is 19.3. The van der Waals surface area contributed by atoms with Crippen LogP contribution in [0, 0.1) is 19.8 Å². The van der Waals surface area contributed by atoms with Crippen molar-refractivity contribution in [2.45, 2.75) is 50.8 Å². The number of nitrogens with one attached hydrogen (secondary N) is 3. The van der Waals surface area contributed by atoms with Crippen molar-refractivity contribution in [2.75, 3.05) is 26.1 Å². The van der Waals surface area contributed by atoms with E-state index in [4.69, 9.17) is 18.9 Å². The van der Waals surface area contributed by atoms with Gasteiger partial charge in [-0.1, -0.05) is 6.07 Å². The van der Waals surface area contributed by atoms with Gasteiger partial charge < -0.3 is 34.6 Å². The summed E-state index contributed by atoms with van der Waals surface area (Å²) < 4.78 is 24.4. The van der Waals surface area contributed by atoms with Crippen LogP contribution in [0.3, 0.4) is 0 Å². The van der Waals surface area contributed by atoms with Gasteiger partial charge in [0.2, 0.25) is 6.79 Å². The van der Waals surface area contributed by atoms with Gasteiger partial charge >= 0.3 is 0 Å². The molecule has 0 bridgehead atoms. The van der Waals surface area contributed by atoms with E-state index in [-0.39, 0.29) is 43.1 Å². The molecule has 9 nitrogen and oxygen atoms in total. The first kappa shape index (κ1) is 29.2. The van der Waals surface area contributed by atoms with Gasteiger partial charge in [-0.05, 0) is 75.9 Å². The number of rotatable bonds is 6. The molecule has 1 fully saturated rings. The molecule has 218 valence electrons. The normalized spacial score (nSPS) is 19.1. The van der Waals surface area contributed by atoms with Gasteiger partial charge in [-0.2, -0.15) is 0 Å². The average molecular weight is 600 g/mol. The van der Waals surface area contributed by atoms with Gasteiger partial charge in [-0.25, -0.2) is 0 Å². The largest absolute Gasteiger partial charge is 0.454 e. The molecule has 1 saturated heterocycles. The SMILES string of the molecule is CSc1cc(C)[nH]c(=O)c1CNC(=O)c1cc(-c2ccc3c(c2)OCO3)c2c(c1C)OC(C)(C1CCNCC1)O2.Cl. The Hall–Kier alpha value is -3.34. The summed E-state index contributed by atoms with van der Waals surface area (Å²) in [5, 5.41) is 6.37. The van der Waals surface area contributed by atoms with Crippen LogP contribution in [0.4, 0.5) is 0 Å². The van der Waals surface area contributed by atoms with Crippen molar-refractivity contribution in [1.29, 1.82) is 0 Å². The minimum atomic E-state index is -0.849. The summed E-state index contributed by atoms with van der Waals surface area (Å²) in [7, 11) is 0. The van der Waals surface area contributed by atoms with Crippen LogP contribution in [0.1, 0.15) is 46.9 Å². The van der Waals surface area contributed by atoms with E-state index in [9.17, 15) is 9.59 Å². The highest BCUT2D eigenvalue weighted by molar-refractivity contribution is 7.98. The fourth-order valence-corrected chi connectivity index (χ4v) is 6.42. The number of amides is 1. The molecule has 1 amide bonds. The van der Waals surface area contributed by atoms with E-state index >= 15 is 0 Å². The Labute approximate surface area is 249 Å². The molecule has 3 aromatic rings. The summed E-state index contributed by atoms with van der Waals surface area (Å²) in [6.07, 6.45) is 3.77. The molecule has 1 atom stereocenters. The average Bonchev–Trinajstić information content (AvgIpc) is 3.57. The Morgan fingerprint density at radius 3 is 2.56 bits per heavy atom. The second-order valence-corrected chi connectivity index (χ2v) is 11.4. The topological polar surface area (TPSA) is 111 Å². The monoisotopic (exact) mass is 599 g/mol. The Morgan fingerprint density at radius 2 is 1.80 bits per heavy atom. The zero-order valence-electron chi connectivity index (χ0n) is 23.5. The first-order valence-corrected chi connectivity index (χ1v) is 14.7. The summed E-state index contributed by atoms with van der Waals surface area (Å²) in [6, 6.07) is 9.45. The van der Waals surface area contributed by atoms with Crippen molar-refractivity contribution in [3.63, 3.8) is 0 Å². The number of benzene rings is 2. The first-order valence-electron chi connectivity index (χ1n) is 13.5. The molecule has 0 radical (unpaired) electrons. The minimum Gasteiger partial charge on any atom is -0.454 e. The summed E-state index contributed by atoms with van der Waals surface area (Å²) in [4.78, 5) is 30.0. The molecule has 41 heavy (non-hydrogen) atoms. The molecular weight excluding hydrogens is 566 g/mol. The molecule has 11 heteroatoms. The maximum Gasteiger partial charge on any atom is 0.254 e. The second-order valence-electron chi connectivity index (χ2n) is 10.6. The van der Waals surface area contributed by atoms with Crippen molar-refractivity contribution in [2.24, 2.45) is 5.92 Å². The van der Waals surface area contributed by atoms with Crippen molar-refractivity contribution in [3.05, 3.63) is 63.1 Å². The molecular formula is C30H34ClN3O6S. The van der Waals surface area contributed by atoms with Crippen molar-refractivity contribution in [3.8, 4) is 34.1 Å². The zero-order chi connectivity index (χ0) is 28.0. The molecule has 3 aliphatic rings. The highest BCUT2D eigenvalue weighted by Gasteiger charge is 2.46. The molecule has 0 spiro atoms. The van der Waals surface area contributed by atoms with Crippen LogP contribution in [0.2, 0.25) is 0 Å². The number of hydrogen-bond acceptors (Lipinski definition) is 8. The fraction of sp³-hybridized carbons (Fsp3) is 0.400. The molecule has 4 heterocycles. The number of ether oxygens (including phenoxy) is 4. The van der Waals surface area contributed by atoms with Crippen LogP contribution in [0.5, 0.6) is 23.0 Å². The lowest BCUT2D eigenvalue weighted by atomic mass is 9.90. The van der Waals surface area contributed by atoms with Gasteiger partial charge in [-0.3, -0.25) is 9.59 Å². The molecule has 6 rings (SSSR count). The third kappa shape index (κ3) is 5.36. The number of aromatic amines is 1. The van der Waals surface area contributed by atoms with E-state index in [1.165, 1.54) is 11.8 Å². The maximum absolute atomic E-state index is 13.7. The van der Waals surface area contributed by atoms with E-state index in [0.717, 1.165) is 47.6 Å². The minimum absolute atomic E-state index is 0. The van der Waals surface area contributed by atoms with Crippen LogP contribution in [0.15, 0.2) is 40.0 Å². The number of H-pyrrole nitrogens is 1. The van der Waals surface area contributed by atoms with Gasteiger partial charge in [-0.15, -0.1) is 24.2 Å². The standard InChI is InChI=1S/C30H33N3O6S.ClH/c1-16-11-25(40-4)22(29(35)33-16)14-32-28(34)20-13-21(18-5-6-23-24(12-18)37-15-36-23)27-26(17(20)2)38-30(3,39-27)19-7-9-31-10-8-19;/h5-6,11-13,19,31H,7-10,14-15H2,1-4H3,(H,32,34)(H,33,35);1H. The predicted octanol–water partition coefficient (Wildman–Crippen LogP) is 4.95. The van der Waals surface area contributed by atoms with Crippen molar-refractivity contribution < 1.29 is 23.7 Å². The Bertz CT molecular complexity index is 1550. The molecule has 3 aliphatic heterocycles. The van der Waals surface area contributed by atoms with Gasteiger partial charge in [0.1, 0.15) is 0 Å². The number of halogens is 1. The van der Waals surface area contributed by atoms with Gasteiger partial charge in [0.05, 0.1) is 0 Å². The number of thioether (sulfide) groups is 1. The molecule has 0 aliphatic carbocycles. The van der Waals surface area contributed by atoms with Crippen LogP contribution >= 0.6 is 24.2 Å². The van der Waals surface area contributed by atoms with Gasteiger partial charge in [0, 0.05) is 52.2 Å². The van der Waals surface area contributed by atoms with Crippen LogP contribution in [0.25, 0.3) is 11.1 Å². The Morgan fingerprint density at radius 1 is 1.07 bits per heavy atom. The van der Waals surface area contributed by atoms with E-state index in [1.54, 1.807) is 0 Å². The summed E-state index contributed by atoms with van der Waals surface area (Å²) in [6.45, 7) is 7.78. The highest BCUT2D eigenvalue weighted by atomic mass is 35.5. The predicted molar refractivity (Wildman–Crippen MR) is 160 cm³/mol. The molecule has 0 saturated carbocycles. The van der Waals surface area contributed by atoms with Crippen LogP contribution < -0.4 is 35.1 Å². The number of aryl methyl sites for hydroxylation is 1. The number of aromatic nitrogens is 1. The number of piperidine rings is 1. The Kier molecular flexibility index (Phi) is 8.18. The number of carbonyl (C=O) groups is 1. The van der Waals surface area contributed by atoms with E-state index in [0.29, 0.717) is 39.7 Å². The van der Waals surface area contributed by atoms with E-state index < -0.39 is 5.79 Å². The lowest BCUT2D eigenvalue weighted by molar-refractivity contribution is -0.117. The van der Waals surface area contributed by atoms with Gasteiger partial charge in [0.15, 0.2) is 23.0 Å². The Balaban J connectivity index is 0.00000337. The molecule has 1 unspecified atom stereocenters. The quantitative estimate of drug-likeness (QED) is 0.342. The van der Waals surface area contributed by atoms with Crippen LogP contribution in [-0.4, -0.2) is 42.8 Å². The smallest absolute Gasteiger partial charge is 0.254 e. The van der Waals surface area contributed by atoms with E-state index in [2.05, 4.69) is 15.6 Å². The molecule has 2 aromatic carbocycles. The summed E-state index contributed by atoms with van der Waals surface area (Å²) in [5.41, 5.74) is 3.81. The van der Waals surface area contributed by atoms with Crippen molar-refractivity contribution in [1.82, 2.24) is 15.6 Å². The maximum atomic E-state index is 13.7. The zero-order valence-corrected chi connectivity index (χ0v) is 25.1. The summed E-state index contributed by atoms with van der Waals surface area (Å²) >= 11 is 1.48. The van der Waals surface area contributed by atoms with Gasteiger partial charge in [0.25, 0.3) is 17.3 Å². The lowest BCUT2D eigenvalue weighted by Crippen LogP contribution is -2.47. The highest BCUT2D eigenvalue weighted by Crippen LogP contribution is 2.52. The third-order valence-corrected chi connectivity index (χ3v) is 8.78. The lowest BCUT2D eigenvalue weighted by Gasteiger charge is -2.35. The third-order valence-electron chi connectivity index (χ3n) is 7.98. The fourth-order valence-electron chi connectivity index (χ4n) is 5.71. The summed E-state index contributed by atoms with van der Waals surface area (Å²) in [5.74, 6) is 1.55. The molecule has 3 N–H and O–H groups in total. The second kappa shape index (κ2) is 11.5. The number of carbonyl (C=O) groups excluding carboxylic acids is 1.